The molecule has 3 aromatic carbocycles. The van der Waals surface area contributed by atoms with E-state index in [9.17, 15) is 9.59 Å². The summed E-state index contributed by atoms with van der Waals surface area (Å²) in [7, 11) is 1.34. The van der Waals surface area contributed by atoms with E-state index >= 15 is 0 Å². The first-order chi connectivity index (χ1) is 16.9. The highest BCUT2D eigenvalue weighted by atomic mass is 35.5. The summed E-state index contributed by atoms with van der Waals surface area (Å²) in [5, 5.41) is 1.07. The molecule has 0 N–H and O–H groups in total. The van der Waals surface area contributed by atoms with Crippen LogP contribution in [0.3, 0.4) is 0 Å². The number of methoxy groups -OCH3 is 1. The van der Waals surface area contributed by atoms with Crippen molar-refractivity contribution in [1.82, 2.24) is 9.55 Å². The van der Waals surface area contributed by atoms with Crippen molar-refractivity contribution in [2.24, 2.45) is 0 Å². The number of thiophene rings is 1. The number of fused-ring (bicyclic) bond motifs is 1. The topological polar surface area (TPSA) is 61.2 Å². The molecule has 5 aromatic rings. The molecule has 35 heavy (non-hydrogen) atoms. The number of ether oxygens (including phenoxy) is 1. The first-order valence-corrected chi connectivity index (χ1v) is 12.2. The first-order valence-electron chi connectivity index (χ1n) is 10.7. The molecule has 0 amide bonds. The largest absolute Gasteiger partial charge is 0.465 e. The average Bonchev–Trinajstić information content (AvgIpc) is 3.32. The van der Waals surface area contributed by atoms with Crippen LogP contribution >= 0.6 is 34.5 Å². The van der Waals surface area contributed by atoms with Gasteiger partial charge in [-0.25, -0.2) is 9.78 Å². The molecule has 5 rings (SSSR count). The summed E-state index contributed by atoms with van der Waals surface area (Å²) in [4.78, 5) is 31.8. The maximum Gasteiger partial charge on any atom is 0.338 e. The summed E-state index contributed by atoms with van der Waals surface area (Å²) >= 11 is 13.6. The monoisotopic (exact) mass is 520 g/mol. The zero-order chi connectivity index (χ0) is 24.5. The molecule has 0 aliphatic rings. The third kappa shape index (κ3) is 4.60. The molecule has 0 atom stereocenters. The van der Waals surface area contributed by atoms with E-state index in [0.717, 1.165) is 16.0 Å². The molecule has 0 aliphatic heterocycles. The second kappa shape index (κ2) is 9.66. The normalized spacial score (nSPS) is 11.1. The zero-order valence-corrected chi connectivity index (χ0v) is 20.8. The number of halogens is 2. The van der Waals surface area contributed by atoms with Gasteiger partial charge in [0.15, 0.2) is 5.82 Å². The number of aromatic nitrogens is 2. The second-order valence-electron chi connectivity index (χ2n) is 7.83. The summed E-state index contributed by atoms with van der Waals surface area (Å²) in [6, 6.07) is 23.6. The van der Waals surface area contributed by atoms with E-state index < -0.39 is 5.97 Å². The van der Waals surface area contributed by atoms with Crippen molar-refractivity contribution in [3.63, 3.8) is 0 Å². The van der Waals surface area contributed by atoms with Crippen LogP contribution in [-0.4, -0.2) is 22.6 Å². The summed E-state index contributed by atoms with van der Waals surface area (Å²) in [6.07, 6.45) is 0. The Balaban J connectivity index is 1.72. The highest BCUT2D eigenvalue weighted by molar-refractivity contribution is 7.19. The van der Waals surface area contributed by atoms with Gasteiger partial charge in [-0.3, -0.25) is 9.36 Å². The molecule has 0 radical (unpaired) electrons. The van der Waals surface area contributed by atoms with Crippen LogP contribution in [0.1, 0.15) is 15.9 Å². The molecule has 5 nitrogen and oxygen atoms in total. The molecule has 0 saturated heterocycles. The smallest absolute Gasteiger partial charge is 0.338 e. The molecular weight excluding hydrogens is 503 g/mol. The van der Waals surface area contributed by atoms with Crippen molar-refractivity contribution in [3.05, 3.63) is 110 Å². The van der Waals surface area contributed by atoms with Gasteiger partial charge in [0.25, 0.3) is 5.56 Å². The van der Waals surface area contributed by atoms with Gasteiger partial charge < -0.3 is 4.74 Å². The van der Waals surface area contributed by atoms with Gasteiger partial charge in [-0.2, -0.15) is 0 Å². The van der Waals surface area contributed by atoms with Gasteiger partial charge in [-0.15, -0.1) is 11.3 Å². The van der Waals surface area contributed by atoms with Gasteiger partial charge in [0, 0.05) is 5.02 Å². The predicted octanol–water partition coefficient (Wildman–Crippen LogP) is 6.93. The standard InChI is InChI=1S/C27H18Cl2N2O3S/c1-34-27(33)20-5-3-2-4-19(20)17-8-11-22-21(14-17)26(32)31(15-16-6-9-18(28)10-7-16)25(30-22)23-12-13-24(29)35-23/h2-14H,15H2,1H3. The molecule has 0 spiro atoms. The van der Waals surface area contributed by atoms with Gasteiger partial charge in [0.05, 0.1) is 39.3 Å². The maximum absolute atomic E-state index is 13.8. The minimum absolute atomic E-state index is 0.193. The van der Waals surface area contributed by atoms with E-state index in [0.29, 0.717) is 43.8 Å². The molecule has 2 heterocycles. The van der Waals surface area contributed by atoms with Gasteiger partial charge in [0.1, 0.15) is 0 Å². The van der Waals surface area contributed by atoms with Crippen molar-refractivity contribution in [1.29, 1.82) is 0 Å². The molecule has 174 valence electrons. The highest BCUT2D eigenvalue weighted by Crippen LogP contribution is 2.32. The molecule has 0 saturated carbocycles. The zero-order valence-electron chi connectivity index (χ0n) is 18.5. The Kier molecular flexibility index (Phi) is 6.43. The van der Waals surface area contributed by atoms with Gasteiger partial charge in [-0.1, -0.05) is 59.6 Å². The Labute approximate surface area is 215 Å². The number of hydrogen-bond donors (Lipinski definition) is 0. The number of carbonyl (C=O) groups is 1. The van der Waals surface area contributed by atoms with Crippen LogP contribution < -0.4 is 5.56 Å². The second-order valence-corrected chi connectivity index (χ2v) is 9.98. The minimum Gasteiger partial charge on any atom is -0.465 e. The Morgan fingerprint density at radius 3 is 2.49 bits per heavy atom. The molecule has 0 unspecified atom stereocenters. The van der Waals surface area contributed by atoms with Crippen LogP contribution in [0.5, 0.6) is 0 Å². The summed E-state index contributed by atoms with van der Waals surface area (Å²) in [5.41, 5.74) is 3.10. The van der Waals surface area contributed by atoms with E-state index in [4.69, 9.17) is 32.9 Å². The van der Waals surface area contributed by atoms with Crippen LogP contribution in [-0.2, 0) is 11.3 Å². The molecule has 8 heteroatoms. The van der Waals surface area contributed by atoms with Crippen molar-refractivity contribution in [3.8, 4) is 21.8 Å². The van der Waals surface area contributed by atoms with Crippen LogP contribution in [0.15, 0.2) is 83.7 Å². The molecule has 0 bridgehead atoms. The average molecular weight is 521 g/mol. The lowest BCUT2D eigenvalue weighted by atomic mass is 9.98. The highest BCUT2D eigenvalue weighted by Gasteiger charge is 2.18. The predicted molar refractivity (Wildman–Crippen MR) is 142 cm³/mol. The first kappa shape index (κ1) is 23.3. The third-order valence-electron chi connectivity index (χ3n) is 5.65. The van der Waals surface area contributed by atoms with Crippen molar-refractivity contribution >= 4 is 51.4 Å². The fraction of sp³-hybridized carbons (Fsp3) is 0.0741. The van der Waals surface area contributed by atoms with E-state index in [2.05, 4.69) is 0 Å². The fourth-order valence-corrected chi connectivity index (χ4v) is 5.12. The van der Waals surface area contributed by atoms with Gasteiger partial charge >= 0.3 is 5.97 Å². The van der Waals surface area contributed by atoms with Crippen LogP contribution in [0, 0.1) is 0 Å². The van der Waals surface area contributed by atoms with Crippen molar-refractivity contribution in [2.45, 2.75) is 6.54 Å². The fourth-order valence-electron chi connectivity index (χ4n) is 3.95. The SMILES string of the molecule is COC(=O)c1ccccc1-c1ccc2nc(-c3ccc(Cl)s3)n(Cc3ccc(Cl)cc3)c(=O)c2c1. The number of carbonyl (C=O) groups excluding carboxylic acids is 1. The van der Waals surface area contributed by atoms with E-state index in [1.54, 1.807) is 47.0 Å². The lowest BCUT2D eigenvalue weighted by molar-refractivity contribution is 0.0601. The number of benzene rings is 3. The summed E-state index contributed by atoms with van der Waals surface area (Å²) in [5.74, 6) is 0.0981. The Morgan fingerprint density at radius 1 is 1.00 bits per heavy atom. The molecule has 0 aliphatic carbocycles. The Bertz CT molecular complexity index is 1620. The Hall–Kier alpha value is -3.45. The third-order valence-corrected chi connectivity index (χ3v) is 7.12. The van der Waals surface area contributed by atoms with E-state index in [1.165, 1.54) is 18.4 Å². The van der Waals surface area contributed by atoms with Gasteiger partial charge in [-0.05, 0) is 59.2 Å². The van der Waals surface area contributed by atoms with E-state index in [-0.39, 0.29) is 5.56 Å². The van der Waals surface area contributed by atoms with E-state index in [1.807, 2.05) is 36.4 Å². The van der Waals surface area contributed by atoms with Gasteiger partial charge in [0.2, 0.25) is 0 Å². The number of hydrogen-bond acceptors (Lipinski definition) is 5. The number of esters is 1. The number of rotatable bonds is 5. The molecule has 0 fully saturated rings. The molecule has 2 aromatic heterocycles. The summed E-state index contributed by atoms with van der Waals surface area (Å²) < 4.78 is 7.19. The van der Waals surface area contributed by atoms with Crippen LogP contribution in [0.25, 0.3) is 32.7 Å². The molecular formula is C27H18Cl2N2O3S. The van der Waals surface area contributed by atoms with Crippen molar-refractivity contribution < 1.29 is 9.53 Å². The van der Waals surface area contributed by atoms with Crippen molar-refractivity contribution in [2.75, 3.05) is 7.11 Å². The number of nitrogens with zero attached hydrogens (tertiary/aromatic N) is 2. The quantitative estimate of drug-likeness (QED) is 0.235. The van der Waals surface area contributed by atoms with Crippen LogP contribution in [0.2, 0.25) is 9.36 Å². The summed E-state index contributed by atoms with van der Waals surface area (Å²) in [6.45, 7) is 0.312. The lowest BCUT2D eigenvalue weighted by Crippen LogP contribution is -2.24. The maximum atomic E-state index is 13.8. The Morgan fingerprint density at radius 2 is 1.77 bits per heavy atom. The lowest BCUT2D eigenvalue weighted by Gasteiger charge is -2.14. The van der Waals surface area contributed by atoms with Crippen LogP contribution in [0.4, 0.5) is 0 Å². The minimum atomic E-state index is -0.441.